The third kappa shape index (κ3) is 3.80. The summed E-state index contributed by atoms with van der Waals surface area (Å²) in [5.41, 5.74) is 4.24. The van der Waals surface area contributed by atoms with Crippen LogP contribution in [0.4, 0.5) is 8.78 Å². The molecule has 0 saturated carbocycles. The van der Waals surface area contributed by atoms with Gasteiger partial charge in [-0.2, -0.15) is 12.1 Å². The fraction of sp³-hybridized carbons (Fsp3) is 0.0526. The van der Waals surface area contributed by atoms with Gasteiger partial charge in [0.05, 0.1) is 5.82 Å². The van der Waals surface area contributed by atoms with E-state index in [4.69, 9.17) is 0 Å². The molecule has 3 aromatic carbocycles. The maximum Gasteiger partial charge on any atom is 1.00 e. The number of halogens is 2. The van der Waals surface area contributed by atoms with E-state index < -0.39 is 11.6 Å². The predicted octanol–water partition coefficient (Wildman–Crippen LogP) is 2.41. The third-order valence-electron chi connectivity index (χ3n) is 3.47. The predicted molar refractivity (Wildman–Crippen MR) is 80.8 cm³/mol. The monoisotopic (exact) mass is 364 g/mol. The molecule has 22 heavy (non-hydrogen) atoms. The van der Waals surface area contributed by atoms with Gasteiger partial charge in [0, 0.05) is 5.82 Å². The molecular formula is C19H13F2Rb. The van der Waals surface area contributed by atoms with Gasteiger partial charge in [-0.1, -0.05) is 59.7 Å². The normalized spacial score (nSPS) is 10.1. The average molecular weight is 365 g/mol. The minimum Gasteiger partial charge on any atom is -0.281 e. The molecule has 0 aliphatic heterocycles. The van der Waals surface area contributed by atoms with Crippen LogP contribution in [0.5, 0.6) is 0 Å². The van der Waals surface area contributed by atoms with Gasteiger partial charge in [-0.05, 0) is 23.6 Å². The minimum atomic E-state index is -0.949. The van der Waals surface area contributed by atoms with Crippen molar-refractivity contribution in [1.29, 1.82) is 0 Å². The number of hydrogen-bond donors (Lipinski definition) is 0. The van der Waals surface area contributed by atoms with E-state index in [0.29, 0.717) is 5.56 Å². The summed E-state index contributed by atoms with van der Waals surface area (Å²) in [6, 6.07) is 20.7. The summed E-state index contributed by atoms with van der Waals surface area (Å²) in [5, 5.41) is 0. The maximum atomic E-state index is 13.7. The fourth-order valence-electron chi connectivity index (χ4n) is 2.26. The summed E-state index contributed by atoms with van der Waals surface area (Å²) in [6.45, 7) is 2.04. The molecule has 0 aliphatic rings. The second kappa shape index (κ2) is 7.74. The van der Waals surface area contributed by atoms with Crippen LogP contribution in [-0.4, -0.2) is 0 Å². The van der Waals surface area contributed by atoms with Crippen LogP contribution in [0, 0.1) is 24.6 Å². The van der Waals surface area contributed by atoms with Gasteiger partial charge in [0.2, 0.25) is 0 Å². The van der Waals surface area contributed by atoms with Crippen LogP contribution >= 0.6 is 0 Å². The first kappa shape index (κ1) is 17.7. The molecule has 0 amide bonds. The largest absolute Gasteiger partial charge is 1.00 e. The van der Waals surface area contributed by atoms with Gasteiger partial charge >= 0.3 is 58.2 Å². The second-order valence-corrected chi connectivity index (χ2v) is 4.96. The van der Waals surface area contributed by atoms with E-state index in [-0.39, 0.29) is 63.8 Å². The molecular weight excluding hydrogens is 352 g/mol. The fourth-order valence-corrected chi connectivity index (χ4v) is 2.26. The van der Waals surface area contributed by atoms with Gasteiger partial charge in [-0.3, -0.25) is 4.39 Å². The Hall–Kier alpha value is -0.675. The maximum absolute atomic E-state index is 13.7. The van der Waals surface area contributed by atoms with E-state index in [1.165, 1.54) is 17.7 Å². The zero-order valence-electron chi connectivity index (χ0n) is 12.5. The first-order valence-corrected chi connectivity index (χ1v) is 6.68. The third-order valence-corrected chi connectivity index (χ3v) is 3.47. The molecule has 0 radical (unpaired) electrons. The van der Waals surface area contributed by atoms with Gasteiger partial charge in [-0.15, -0.1) is 6.07 Å². The number of hydrogen-bond acceptors (Lipinski definition) is 0. The molecule has 0 aromatic heterocycles. The van der Waals surface area contributed by atoms with E-state index in [9.17, 15) is 8.78 Å². The van der Waals surface area contributed by atoms with Crippen LogP contribution in [0.2, 0.25) is 0 Å². The Labute approximate surface area is 178 Å². The molecule has 0 saturated heterocycles. The minimum absolute atomic E-state index is 0. The van der Waals surface area contributed by atoms with Gasteiger partial charge in [-0.25, -0.2) is 4.39 Å². The van der Waals surface area contributed by atoms with E-state index in [1.54, 1.807) is 12.1 Å². The second-order valence-electron chi connectivity index (χ2n) is 4.96. The molecule has 0 fully saturated rings. The molecule has 104 valence electrons. The van der Waals surface area contributed by atoms with E-state index >= 15 is 0 Å². The van der Waals surface area contributed by atoms with Crippen molar-refractivity contribution in [3.05, 3.63) is 83.9 Å². The Morgan fingerprint density at radius 2 is 1.23 bits per heavy atom. The molecule has 0 nitrogen and oxygen atoms in total. The Morgan fingerprint density at radius 3 is 1.82 bits per heavy atom. The standard InChI is InChI=1S/C19H13F2.Rb/c1-13-5-7-14(8-6-13)15-9-11-16(12-10-15)17-3-2-4-18(20)19(17)21;/h2-3,5-12H,1H3;/q-1;+1. The zero-order chi connectivity index (χ0) is 14.8. The number of benzene rings is 3. The molecule has 0 unspecified atom stereocenters. The van der Waals surface area contributed by atoms with Gasteiger partial charge in [0.25, 0.3) is 0 Å². The number of aryl methyl sites for hydroxylation is 1. The van der Waals surface area contributed by atoms with Crippen LogP contribution in [0.15, 0.2) is 60.7 Å². The Bertz CT molecular complexity index is 762. The molecule has 0 spiro atoms. The summed E-state index contributed by atoms with van der Waals surface area (Å²) >= 11 is 0. The molecule has 0 bridgehead atoms. The smallest absolute Gasteiger partial charge is 0.281 e. The van der Waals surface area contributed by atoms with Crippen molar-refractivity contribution in [3.63, 3.8) is 0 Å². The van der Waals surface area contributed by atoms with Crippen LogP contribution in [0.25, 0.3) is 22.3 Å². The van der Waals surface area contributed by atoms with Crippen molar-refractivity contribution in [2.45, 2.75) is 6.92 Å². The zero-order valence-corrected chi connectivity index (χ0v) is 17.4. The summed E-state index contributed by atoms with van der Waals surface area (Å²) in [4.78, 5) is 0. The summed E-state index contributed by atoms with van der Waals surface area (Å²) in [5.74, 6) is -1.81. The SMILES string of the molecule is Cc1ccc(-c2ccc(-c3cc[c-]c(F)c3F)cc2)cc1.[Rb+]. The first-order chi connectivity index (χ1) is 10.1. The molecule has 3 aromatic rings. The molecule has 0 atom stereocenters. The summed E-state index contributed by atoms with van der Waals surface area (Å²) < 4.78 is 27.0. The Kier molecular flexibility index (Phi) is 6.22. The van der Waals surface area contributed by atoms with Crippen LogP contribution < -0.4 is 58.2 Å². The van der Waals surface area contributed by atoms with E-state index in [0.717, 1.165) is 11.1 Å². The molecule has 3 rings (SSSR count). The van der Waals surface area contributed by atoms with Crippen molar-refractivity contribution >= 4 is 0 Å². The number of rotatable bonds is 2. The van der Waals surface area contributed by atoms with Gasteiger partial charge < -0.3 is 0 Å². The van der Waals surface area contributed by atoms with Crippen LogP contribution in [0.1, 0.15) is 5.56 Å². The van der Waals surface area contributed by atoms with Crippen molar-refractivity contribution in [3.8, 4) is 22.3 Å². The Morgan fingerprint density at radius 1 is 0.727 bits per heavy atom. The van der Waals surface area contributed by atoms with Crippen molar-refractivity contribution in [2.75, 3.05) is 0 Å². The summed E-state index contributed by atoms with van der Waals surface area (Å²) in [7, 11) is 0. The topological polar surface area (TPSA) is 0 Å². The van der Waals surface area contributed by atoms with Gasteiger partial charge in [0.15, 0.2) is 0 Å². The van der Waals surface area contributed by atoms with Crippen molar-refractivity contribution < 1.29 is 67.0 Å². The molecule has 3 heteroatoms. The van der Waals surface area contributed by atoms with E-state index in [1.807, 2.05) is 43.3 Å². The molecule has 0 N–H and O–H groups in total. The average Bonchev–Trinajstić information content (AvgIpc) is 2.51. The van der Waals surface area contributed by atoms with E-state index in [2.05, 4.69) is 6.07 Å². The Balaban J connectivity index is 0.00000176. The van der Waals surface area contributed by atoms with Crippen LogP contribution in [0.3, 0.4) is 0 Å². The van der Waals surface area contributed by atoms with Crippen molar-refractivity contribution in [1.82, 2.24) is 0 Å². The summed E-state index contributed by atoms with van der Waals surface area (Å²) in [6.07, 6.45) is 0. The quantitative estimate of drug-likeness (QED) is 0.613. The first-order valence-electron chi connectivity index (χ1n) is 6.68. The van der Waals surface area contributed by atoms with Crippen molar-refractivity contribution in [2.24, 2.45) is 0 Å². The molecule has 0 heterocycles. The van der Waals surface area contributed by atoms with Crippen LogP contribution in [-0.2, 0) is 0 Å². The van der Waals surface area contributed by atoms with Gasteiger partial charge in [0.1, 0.15) is 0 Å². The molecule has 0 aliphatic carbocycles.